The van der Waals surface area contributed by atoms with Crippen LogP contribution in [0.3, 0.4) is 0 Å². The number of nitrogens with one attached hydrogen (secondary N) is 1. The van der Waals surface area contributed by atoms with Gasteiger partial charge < -0.3 is 9.72 Å². The smallest absolute Gasteiger partial charge is 0.152 e. The summed E-state index contributed by atoms with van der Waals surface area (Å²) in [5.74, 6) is 0. The van der Waals surface area contributed by atoms with E-state index in [9.17, 15) is 4.79 Å². The van der Waals surface area contributed by atoms with Crippen LogP contribution in [0.25, 0.3) is 16.9 Å². The second kappa shape index (κ2) is 6.59. The average Bonchev–Trinajstić information content (AvgIpc) is 3.24. The predicted octanol–water partition coefficient (Wildman–Crippen LogP) is 1.52. The Morgan fingerprint density at radius 3 is 2.83 bits per heavy atom. The van der Waals surface area contributed by atoms with Crippen LogP contribution in [-0.4, -0.2) is 58.1 Å². The fourth-order valence-corrected chi connectivity index (χ4v) is 3.30. The van der Waals surface area contributed by atoms with Crippen molar-refractivity contribution in [1.29, 1.82) is 0 Å². The molecule has 6 nitrogen and oxygen atoms in total. The first-order chi connectivity index (χ1) is 11.8. The Morgan fingerprint density at radius 1 is 1.12 bits per heavy atom. The van der Waals surface area contributed by atoms with Gasteiger partial charge in [0, 0.05) is 56.2 Å². The number of aldehydes is 1. The Morgan fingerprint density at radius 2 is 2.00 bits per heavy atom. The van der Waals surface area contributed by atoms with Crippen LogP contribution in [0.1, 0.15) is 10.4 Å². The molecule has 3 aromatic rings. The minimum absolute atomic E-state index is 0.675. The molecular formula is C18H21N5O. The number of rotatable bonds is 5. The zero-order valence-electron chi connectivity index (χ0n) is 13.6. The molecule has 24 heavy (non-hydrogen) atoms. The summed E-state index contributed by atoms with van der Waals surface area (Å²) in [5, 5.41) is 8.06. The number of carbonyl (C=O) groups is 1. The molecule has 0 radical (unpaired) electrons. The summed E-state index contributed by atoms with van der Waals surface area (Å²) in [6, 6.07) is 9.83. The van der Waals surface area contributed by atoms with Crippen LogP contribution < -0.4 is 5.32 Å². The fourth-order valence-electron chi connectivity index (χ4n) is 3.30. The van der Waals surface area contributed by atoms with Crippen molar-refractivity contribution in [3.8, 4) is 11.4 Å². The second-order valence-electron chi connectivity index (χ2n) is 6.12. The van der Waals surface area contributed by atoms with Gasteiger partial charge in [0.15, 0.2) is 6.29 Å². The third-order valence-electron chi connectivity index (χ3n) is 4.57. The topological polar surface area (TPSA) is 54.6 Å². The lowest BCUT2D eigenvalue weighted by molar-refractivity contribution is 0.112. The molecule has 0 aromatic carbocycles. The van der Waals surface area contributed by atoms with Gasteiger partial charge in [-0.05, 0) is 24.3 Å². The highest BCUT2D eigenvalue weighted by Crippen LogP contribution is 2.25. The van der Waals surface area contributed by atoms with E-state index in [0.29, 0.717) is 5.56 Å². The van der Waals surface area contributed by atoms with Crippen molar-refractivity contribution in [2.45, 2.75) is 6.54 Å². The molecule has 1 N–H and O–H groups in total. The monoisotopic (exact) mass is 323 g/mol. The maximum Gasteiger partial charge on any atom is 0.152 e. The number of carbonyl (C=O) groups excluding carboxylic acids is 1. The van der Waals surface area contributed by atoms with Gasteiger partial charge in [-0.2, -0.15) is 5.10 Å². The molecule has 4 rings (SSSR count). The maximum atomic E-state index is 11.4. The normalized spacial score (nSPS) is 15.8. The molecule has 0 bridgehead atoms. The molecule has 0 saturated carbocycles. The van der Waals surface area contributed by atoms with Crippen molar-refractivity contribution in [3.05, 3.63) is 48.3 Å². The van der Waals surface area contributed by atoms with E-state index in [4.69, 9.17) is 5.10 Å². The molecule has 1 aliphatic rings. The van der Waals surface area contributed by atoms with E-state index in [-0.39, 0.29) is 0 Å². The van der Waals surface area contributed by atoms with Crippen LogP contribution in [0.5, 0.6) is 0 Å². The molecule has 0 amide bonds. The van der Waals surface area contributed by atoms with Crippen LogP contribution in [0.4, 0.5) is 0 Å². The molecule has 0 unspecified atom stereocenters. The van der Waals surface area contributed by atoms with Gasteiger partial charge in [0.2, 0.25) is 0 Å². The maximum absolute atomic E-state index is 11.4. The lowest BCUT2D eigenvalue weighted by atomic mass is 10.2. The SMILES string of the molecule is O=Cc1cc2ccccn2c1-c1ccn(CCN2CCNCC2)n1. The molecule has 6 heteroatoms. The standard InChI is InChI=1S/C18H21N5O/c24-14-15-13-16-3-1-2-7-23(16)18(15)17-4-8-22(20-17)12-11-21-9-5-19-6-10-21/h1-4,7-8,13-14,19H,5-6,9-12H2. The largest absolute Gasteiger partial charge is 0.314 e. The highest BCUT2D eigenvalue weighted by Gasteiger charge is 2.14. The molecule has 1 aliphatic heterocycles. The van der Waals surface area contributed by atoms with Gasteiger partial charge in [-0.3, -0.25) is 14.4 Å². The Balaban J connectivity index is 1.57. The van der Waals surface area contributed by atoms with E-state index in [1.54, 1.807) is 0 Å². The van der Waals surface area contributed by atoms with Crippen LogP contribution in [0.15, 0.2) is 42.7 Å². The molecule has 124 valence electrons. The number of hydrogen-bond acceptors (Lipinski definition) is 4. The number of aromatic nitrogens is 3. The molecular weight excluding hydrogens is 302 g/mol. The van der Waals surface area contributed by atoms with Gasteiger partial charge in [-0.25, -0.2) is 0 Å². The summed E-state index contributed by atoms with van der Waals surface area (Å²) >= 11 is 0. The van der Waals surface area contributed by atoms with E-state index >= 15 is 0 Å². The molecule has 0 spiro atoms. The Hall–Kier alpha value is -2.44. The van der Waals surface area contributed by atoms with E-state index in [2.05, 4.69) is 10.2 Å². The van der Waals surface area contributed by atoms with E-state index < -0.39 is 0 Å². The highest BCUT2D eigenvalue weighted by atomic mass is 16.1. The number of hydrogen-bond donors (Lipinski definition) is 1. The quantitative estimate of drug-likeness (QED) is 0.724. The summed E-state index contributed by atoms with van der Waals surface area (Å²) in [4.78, 5) is 13.9. The third-order valence-corrected chi connectivity index (χ3v) is 4.57. The second-order valence-corrected chi connectivity index (χ2v) is 6.12. The van der Waals surface area contributed by atoms with Crippen LogP contribution >= 0.6 is 0 Å². The molecule has 0 aliphatic carbocycles. The van der Waals surface area contributed by atoms with Crippen LogP contribution in [-0.2, 0) is 6.54 Å². The lowest BCUT2D eigenvalue weighted by Gasteiger charge is -2.26. The van der Waals surface area contributed by atoms with Crippen molar-refractivity contribution in [1.82, 2.24) is 24.4 Å². The first-order valence-electron chi connectivity index (χ1n) is 8.37. The summed E-state index contributed by atoms with van der Waals surface area (Å²) in [5.41, 5.74) is 3.38. The van der Waals surface area contributed by atoms with Crippen LogP contribution in [0.2, 0.25) is 0 Å². The van der Waals surface area contributed by atoms with Crippen molar-refractivity contribution in [2.24, 2.45) is 0 Å². The predicted molar refractivity (Wildman–Crippen MR) is 93.3 cm³/mol. The first-order valence-corrected chi connectivity index (χ1v) is 8.37. The van der Waals surface area contributed by atoms with E-state index in [1.165, 1.54) is 0 Å². The van der Waals surface area contributed by atoms with Gasteiger partial charge in [-0.15, -0.1) is 0 Å². The molecule has 4 heterocycles. The summed E-state index contributed by atoms with van der Waals surface area (Å²) in [7, 11) is 0. The van der Waals surface area contributed by atoms with Crippen molar-refractivity contribution in [2.75, 3.05) is 32.7 Å². The lowest BCUT2D eigenvalue weighted by Crippen LogP contribution is -2.44. The zero-order chi connectivity index (χ0) is 16.4. The Kier molecular flexibility index (Phi) is 4.15. The number of piperazine rings is 1. The molecule has 3 aromatic heterocycles. The number of pyridine rings is 1. The minimum Gasteiger partial charge on any atom is -0.314 e. The van der Waals surface area contributed by atoms with Crippen LogP contribution in [0, 0.1) is 0 Å². The molecule has 0 atom stereocenters. The molecule has 1 fully saturated rings. The fraction of sp³-hybridized carbons (Fsp3) is 0.333. The van der Waals surface area contributed by atoms with Gasteiger partial charge in [0.25, 0.3) is 0 Å². The molecule has 1 saturated heterocycles. The van der Waals surface area contributed by atoms with Crippen molar-refractivity contribution < 1.29 is 4.79 Å². The Labute approximate surface area is 140 Å². The highest BCUT2D eigenvalue weighted by molar-refractivity contribution is 5.89. The Bertz CT molecular complexity index is 844. The minimum atomic E-state index is 0.675. The van der Waals surface area contributed by atoms with Gasteiger partial charge >= 0.3 is 0 Å². The number of fused-ring (bicyclic) bond motifs is 1. The third kappa shape index (κ3) is 2.86. The average molecular weight is 323 g/mol. The van der Waals surface area contributed by atoms with Gasteiger partial charge in [0.1, 0.15) is 5.69 Å². The van der Waals surface area contributed by atoms with E-state index in [1.807, 2.05) is 51.8 Å². The van der Waals surface area contributed by atoms with Crippen molar-refractivity contribution in [3.63, 3.8) is 0 Å². The van der Waals surface area contributed by atoms with E-state index in [0.717, 1.165) is 62.5 Å². The van der Waals surface area contributed by atoms with Gasteiger partial charge in [-0.1, -0.05) is 6.07 Å². The number of nitrogens with zero attached hydrogens (tertiary/aromatic N) is 4. The summed E-state index contributed by atoms with van der Waals surface area (Å²) in [6.07, 6.45) is 4.87. The van der Waals surface area contributed by atoms with Gasteiger partial charge in [0.05, 0.1) is 12.2 Å². The summed E-state index contributed by atoms with van der Waals surface area (Å²) < 4.78 is 3.99. The van der Waals surface area contributed by atoms with Crippen molar-refractivity contribution >= 4 is 11.8 Å². The zero-order valence-corrected chi connectivity index (χ0v) is 13.6. The summed E-state index contributed by atoms with van der Waals surface area (Å²) in [6.45, 7) is 6.16. The first kappa shape index (κ1) is 15.1.